The second-order valence-electron chi connectivity index (χ2n) is 4.63. The number of rotatable bonds is 3. The highest BCUT2D eigenvalue weighted by molar-refractivity contribution is 5.81. The van der Waals surface area contributed by atoms with Crippen molar-refractivity contribution in [2.45, 2.75) is 18.9 Å². The van der Waals surface area contributed by atoms with Crippen molar-refractivity contribution in [2.75, 3.05) is 32.8 Å². The predicted octanol–water partition coefficient (Wildman–Crippen LogP) is -1.30. The van der Waals surface area contributed by atoms with E-state index < -0.39 is 0 Å². The van der Waals surface area contributed by atoms with Crippen LogP contribution in [-0.2, 0) is 14.3 Å². The first kappa shape index (κ1) is 12.3. The predicted molar refractivity (Wildman–Crippen MR) is 61.1 cm³/mol. The summed E-state index contributed by atoms with van der Waals surface area (Å²) in [6.07, 6.45) is 1.03. The van der Waals surface area contributed by atoms with Gasteiger partial charge in [-0.05, 0) is 6.42 Å². The number of carbonyl (C=O) groups is 2. The number of hydrogen-bond acceptors (Lipinski definition) is 4. The maximum atomic E-state index is 11.9. The molecule has 2 atom stereocenters. The van der Waals surface area contributed by atoms with Gasteiger partial charge >= 0.3 is 0 Å². The van der Waals surface area contributed by atoms with E-state index in [1.54, 1.807) is 4.90 Å². The average Bonchev–Trinajstić information content (AvgIpc) is 2.79. The van der Waals surface area contributed by atoms with Gasteiger partial charge in [-0.15, -0.1) is 0 Å². The summed E-state index contributed by atoms with van der Waals surface area (Å²) in [5, 5.41) is 3.19. The SMILES string of the molecule is NC(=O)C1CCN(C(=O)CC2CNCCO2)C1. The summed E-state index contributed by atoms with van der Waals surface area (Å²) in [7, 11) is 0. The summed E-state index contributed by atoms with van der Waals surface area (Å²) in [5.41, 5.74) is 5.23. The van der Waals surface area contributed by atoms with E-state index >= 15 is 0 Å². The molecule has 0 saturated carbocycles. The van der Waals surface area contributed by atoms with Gasteiger partial charge in [-0.2, -0.15) is 0 Å². The molecule has 0 aliphatic carbocycles. The number of carbonyl (C=O) groups excluding carboxylic acids is 2. The minimum Gasteiger partial charge on any atom is -0.375 e. The van der Waals surface area contributed by atoms with E-state index in [1.165, 1.54) is 0 Å². The fraction of sp³-hybridized carbons (Fsp3) is 0.818. The van der Waals surface area contributed by atoms with Crippen molar-refractivity contribution in [3.8, 4) is 0 Å². The lowest BCUT2D eigenvalue weighted by Crippen LogP contribution is -2.42. The fourth-order valence-electron chi connectivity index (χ4n) is 2.29. The number of amides is 2. The Morgan fingerprint density at radius 3 is 2.88 bits per heavy atom. The quantitative estimate of drug-likeness (QED) is 0.643. The van der Waals surface area contributed by atoms with Crippen LogP contribution in [0.5, 0.6) is 0 Å². The van der Waals surface area contributed by atoms with E-state index in [2.05, 4.69) is 5.32 Å². The van der Waals surface area contributed by atoms with Crippen molar-refractivity contribution >= 4 is 11.8 Å². The van der Waals surface area contributed by atoms with Crippen LogP contribution in [0.2, 0.25) is 0 Å². The molecule has 0 aromatic carbocycles. The van der Waals surface area contributed by atoms with E-state index in [-0.39, 0.29) is 23.8 Å². The third-order valence-corrected chi connectivity index (χ3v) is 3.35. The zero-order valence-corrected chi connectivity index (χ0v) is 9.85. The Kier molecular flexibility index (Phi) is 3.96. The standard InChI is InChI=1S/C11H19N3O3/c12-11(16)8-1-3-14(7-8)10(15)5-9-6-13-2-4-17-9/h8-9,13H,1-7H2,(H2,12,16). The summed E-state index contributed by atoms with van der Waals surface area (Å²) >= 11 is 0. The number of nitrogens with two attached hydrogens (primary N) is 1. The largest absolute Gasteiger partial charge is 0.375 e. The molecule has 2 rings (SSSR count). The van der Waals surface area contributed by atoms with Gasteiger partial charge in [-0.1, -0.05) is 0 Å². The van der Waals surface area contributed by atoms with Crippen LogP contribution < -0.4 is 11.1 Å². The lowest BCUT2D eigenvalue weighted by Gasteiger charge is -2.25. The van der Waals surface area contributed by atoms with Gasteiger partial charge in [0.2, 0.25) is 11.8 Å². The maximum Gasteiger partial charge on any atom is 0.225 e. The molecule has 2 unspecified atom stereocenters. The summed E-state index contributed by atoms with van der Waals surface area (Å²) in [5.74, 6) is -0.428. The first-order valence-electron chi connectivity index (χ1n) is 6.06. The molecule has 0 aromatic heterocycles. The first-order valence-corrected chi connectivity index (χ1v) is 6.06. The highest BCUT2D eigenvalue weighted by Gasteiger charge is 2.30. The molecule has 0 radical (unpaired) electrons. The van der Waals surface area contributed by atoms with E-state index in [4.69, 9.17) is 10.5 Å². The van der Waals surface area contributed by atoms with Crippen LogP contribution in [0.3, 0.4) is 0 Å². The van der Waals surface area contributed by atoms with Crippen molar-refractivity contribution in [1.82, 2.24) is 10.2 Å². The molecule has 6 nitrogen and oxygen atoms in total. The number of nitrogens with one attached hydrogen (secondary N) is 1. The Morgan fingerprint density at radius 2 is 2.29 bits per heavy atom. The minimum absolute atomic E-state index is 0.0381. The smallest absolute Gasteiger partial charge is 0.225 e. The van der Waals surface area contributed by atoms with E-state index in [1.807, 2.05) is 0 Å². The molecular weight excluding hydrogens is 222 g/mol. The van der Waals surface area contributed by atoms with Crippen molar-refractivity contribution in [3.63, 3.8) is 0 Å². The summed E-state index contributed by atoms with van der Waals surface area (Å²) < 4.78 is 5.48. The molecule has 2 aliphatic rings. The molecule has 2 saturated heterocycles. The molecule has 2 fully saturated rings. The van der Waals surface area contributed by atoms with Gasteiger partial charge in [0.15, 0.2) is 0 Å². The lowest BCUT2D eigenvalue weighted by molar-refractivity contribution is -0.134. The highest BCUT2D eigenvalue weighted by Crippen LogP contribution is 2.17. The maximum absolute atomic E-state index is 11.9. The Hall–Kier alpha value is -1.14. The summed E-state index contributed by atoms with van der Waals surface area (Å²) in [4.78, 5) is 24.7. The van der Waals surface area contributed by atoms with Gasteiger partial charge in [-0.3, -0.25) is 9.59 Å². The van der Waals surface area contributed by atoms with Crippen LogP contribution in [0.15, 0.2) is 0 Å². The summed E-state index contributed by atoms with van der Waals surface area (Å²) in [6, 6.07) is 0. The monoisotopic (exact) mass is 241 g/mol. The molecular formula is C11H19N3O3. The van der Waals surface area contributed by atoms with Crippen molar-refractivity contribution in [3.05, 3.63) is 0 Å². The third kappa shape index (κ3) is 3.17. The Morgan fingerprint density at radius 1 is 1.47 bits per heavy atom. The van der Waals surface area contributed by atoms with Gasteiger partial charge < -0.3 is 20.7 Å². The molecule has 0 bridgehead atoms. The van der Waals surface area contributed by atoms with Crippen molar-refractivity contribution in [1.29, 1.82) is 0 Å². The van der Waals surface area contributed by atoms with Crippen LogP contribution in [0, 0.1) is 5.92 Å². The van der Waals surface area contributed by atoms with Gasteiger partial charge in [-0.25, -0.2) is 0 Å². The lowest BCUT2D eigenvalue weighted by atomic mass is 10.1. The molecule has 17 heavy (non-hydrogen) atoms. The highest BCUT2D eigenvalue weighted by atomic mass is 16.5. The second-order valence-corrected chi connectivity index (χ2v) is 4.63. The number of ether oxygens (including phenoxy) is 1. The van der Waals surface area contributed by atoms with Crippen LogP contribution in [0.1, 0.15) is 12.8 Å². The van der Waals surface area contributed by atoms with Crippen molar-refractivity contribution < 1.29 is 14.3 Å². The number of likely N-dealkylation sites (tertiary alicyclic amines) is 1. The Balaban J connectivity index is 1.78. The number of hydrogen-bond donors (Lipinski definition) is 2. The molecule has 96 valence electrons. The molecule has 2 aliphatic heterocycles. The molecule has 2 amide bonds. The van der Waals surface area contributed by atoms with Crippen molar-refractivity contribution in [2.24, 2.45) is 11.7 Å². The minimum atomic E-state index is -0.309. The first-order chi connectivity index (χ1) is 8.16. The zero-order chi connectivity index (χ0) is 12.3. The van der Waals surface area contributed by atoms with Gasteiger partial charge in [0, 0.05) is 26.2 Å². The van der Waals surface area contributed by atoms with Crippen LogP contribution in [0.4, 0.5) is 0 Å². The van der Waals surface area contributed by atoms with E-state index in [0.29, 0.717) is 32.5 Å². The van der Waals surface area contributed by atoms with Crippen LogP contribution in [0.25, 0.3) is 0 Å². The topological polar surface area (TPSA) is 84.7 Å². The van der Waals surface area contributed by atoms with E-state index in [9.17, 15) is 9.59 Å². The fourth-order valence-corrected chi connectivity index (χ4v) is 2.29. The van der Waals surface area contributed by atoms with E-state index in [0.717, 1.165) is 13.1 Å². The summed E-state index contributed by atoms with van der Waals surface area (Å²) in [6.45, 7) is 3.32. The normalized spacial score (nSPS) is 29.3. The molecule has 3 N–H and O–H groups in total. The van der Waals surface area contributed by atoms with Gasteiger partial charge in [0.1, 0.15) is 0 Å². The van der Waals surface area contributed by atoms with Crippen LogP contribution in [-0.4, -0.2) is 55.6 Å². The number of morpholine rings is 1. The zero-order valence-electron chi connectivity index (χ0n) is 9.85. The Bertz CT molecular complexity index is 302. The number of nitrogens with zero attached hydrogens (tertiary/aromatic N) is 1. The van der Waals surface area contributed by atoms with Gasteiger partial charge in [0.25, 0.3) is 0 Å². The third-order valence-electron chi connectivity index (χ3n) is 3.35. The average molecular weight is 241 g/mol. The number of primary amides is 1. The molecule has 0 spiro atoms. The molecule has 0 aromatic rings. The Labute approximate surface area is 100 Å². The molecule has 6 heteroatoms. The van der Waals surface area contributed by atoms with Crippen LogP contribution >= 0.6 is 0 Å². The second kappa shape index (κ2) is 5.46. The van der Waals surface area contributed by atoms with Gasteiger partial charge in [0.05, 0.1) is 25.0 Å². The molecule has 2 heterocycles.